The molecule has 0 amide bonds. The lowest BCUT2D eigenvalue weighted by Crippen LogP contribution is -2.17. The van der Waals surface area contributed by atoms with Gasteiger partial charge in [-0.1, -0.05) is 228 Å². The van der Waals surface area contributed by atoms with Crippen molar-refractivity contribution < 1.29 is 30.7 Å². The monoisotopic (exact) mass is 979 g/mol. The topological polar surface area (TPSA) is 43.4 Å². The summed E-state index contributed by atoms with van der Waals surface area (Å²) in [4.78, 5) is 0.386. The highest BCUT2D eigenvalue weighted by Crippen LogP contribution is 2.26. The van der Waals surface area contributed by atoms with E-state index in [0.29, 0.717) is 34.5 Å². The fourth-order valence-electron chi connectivity index (χ4n) is 6.91. The van der Waals surface area contributed by atoms with Gasteiger partial charge in [0.05, 0.1) is 4.90 Å². The molecule has 0 atom stereocenters. The van der Waals surface area contributed by atoms with E-state index in [1.807, 2.05) is 52.0 Å². The molecule has 7 rings (SSSR count). The second kappa shape index (κ2) is 29.5. The highest BCUT2D eigenvalue weighted by atomic mass is 32.2. The molecule has 0 unspecified atom stereocenters. The maximum atomic E-state index is 12.8. The molecule has 0 radical (unpaired) electrons. The third kappa shape index (κ3) is 22.8. The number of rotatable bonds is 8. The Bertz CT molecular complexity index is 2630. The minimum Gasteiger partial charge on any atom is -0.406 e. The second-order valence-corrected chi connectivity index (χ2v) is 21.3. The molecule has 0 aliphatic heterocycles. The normalized spacial score (nSPS) is 11.1. The van der Waals surface area contributed by atoms with Crippen molar-refractivity contribution in [2.75, 3.05) is 6.26 Å². The van der Waals surface area contributed by atoms with Gasteiger partial charge in [-0.3, -0.25) is 0 Å². The molecule has 0 fully saturated rings. The Balaban J connectivity index is 0.000000290. The predicted molar refractivity (Wildman–Crippen MR) is 290 cm³/mol. The minimum absolute atomic E-state index is 0.0995. The van der Waals surface area contributed by atoms with Crippen LogP contribution in [0.1, 0.15) is 163 Å². The molecule has 7 aromatic rings. The van der Waals surface area contributed by atoms with E-state index in [9.17, 15) is 26.0 Å². The second-order valence-electron chi connectivity index (χ2n) is 19.3. The van der Waals surface area contributed by atoms with Crippen molar-refractivity contribution in [3.63, 3.8) is 0 Å². The standard InChI is InChI=1S/C13H14.C10H11F3O.C10H14O2S.2C10H14.C9H11F/c1-10(2)12-9-5-7-11-6-3-4-8-13(11)12;1-7(2)8-3-5-9(6-4-8)14-10(11,12)13;1-8(2)9-4-6-10(7-5-9)13(3,11)12;2*1-8(2)10-6-4-5-9(3)7-10;1-7(2)8-5-3-4-6-9(8)10/h3-10H,1-2H3;3-7H,1-2H3;4-8H,1-3H3;2*4-8H,1-3H3;3-7H,1-2H3. The van der Waals surface area contributed by atoms with Gasteiger partial charge < -0.3 is 4.74 Å². The van der Waals surface area contributed by atoms with Gasteiger partial charge in [-0.25, -0.2) is 12.8 Å². The van der Waals surface area contributed by atoms with Gasteiger partial charge in [0.15, 0.2) is 9.84 Å². The molecule has 0 spiro atoms. The van der Waals surface area contributed by atoms with Crippen molar-refractivity contribution in [1.29, 1.82) is 0 Å². The quantitative estimate of drug-likeness (QED) is 0.143. The summed E-state index contributed by atoms with van der Waals surface area (Å²) < 4.78 is 74.1. The van der Waals surface area contributed by atoms with Crippen LogP contribution in [-0.2, 0) is 9.84 Å². The highest BCUT2D eigenvalue weighted by Gasteiger charge is 2.31. The van der Waals surface area contributed by atoms with Crippen LogP contribution in [0.4, 0.5) is 17.6 Å². The van der Waals surface area contributed by atoms with Crippen LogP contribution >= 0.6 is 0 Å². The van der Waals surface area contributed by atoms with Gasteiger partial charge in [0, 0.05) is 6.26 Å². The largest absolute Gasteiger partial charge is 0.573 e. The SMILES string of the molecule is CC(C)c1ccc(OC(F)(F)F)cc1.CC(C)c1ccc(S(C)(=O)=O)cc1.CC(C)c1cccc2ccccc12.CC(C)c1ccccc1F.Cc1cccc(C(C)C)c1.Cc1cccc(C(C)C)c1. The lowest BCUT2D eigenvalue weighted by Gasteiger charge is -2.10. The number of hydrogen-bond acceptors (Lipinski definition) is 3. The molecule has 7 aromatic carbocycles. The average molecular weight is 979 g/mol. The van der Waals surface area contributed by atoms with Crippen molar-refractivity contribution >= 4 is 20.6 Å². The first-order valence-corrected chi connectivity index (χ1v) is 26.1. The molecule has 0 aromatic heterocycles. The molecular formula is C62H78F4O3S. The van der Waals surface area contributed by atoms with Gasteiger partial charge in [-0.2, -0.15) is 0 Å². The Morgan fingerprint density at radius 1 is 0.429 bits per heavy atom. The Kier molecular flexibility index (Phi) is 25.4. The summed E-state index contributed by atoms with van der Waals surface area (Å²) in [6.45, 7) is 29.7. The number of ether oxygens (including phenoxy) is 1. The Hall–Kier alpha value is -5.73. The van der Waals surface area contributed by atoms with E-state index in [-0.39, 0.29) is 17.5 Å². The first-order valence-electron chi connectivity index (χ1n) is 24.2. The number of aryl methyl sites for hydroxylation is 2. The van der Waals surface area contributed by atoms with Crippen molar-refractivity contribution in [2.24, 2.45) is 0 Å². The van der Waals surface area contributed by atoms with Gasteiger partial charge in [-0.15, -0.1) is 13.2 Å². The lowest BCUT2D eigenvalue weighted by atomic mass is 9.96. The summed E-state index contributed by atoms with van der Waals surface area (Å²) in [5, 5.41) is 2.73. The fourth-order valence-corrected chi connectivity index (χ4v) is 7.54. The molecule has 0 saturated heterocycles. The predicted octanol–water partition coefficient (Wildman–Crippen LogP) is 19.1. The molecule has 3 nitrogen and oxygen atoms in total. The number of hydrogen-bond donors (Lipinski definition) is 0. The van der Waals surface area contributed by atoms with Gasteiger partial charge in [-0.05, 0) is 124 Å². The van der Waals surface area contributed by atoms with Crippen molar-refractivity contribution in [2.45, 2.75) is 144 Å². The summed E-state index contributed by atoms with van der Waals surface area (Å²) in [7, 11) is -3.05. The van der Waals surface area contributed by atoms with E-state index in [1.54, 1.807) is 30.3 Å². The van der Waals surface area contributed by atoms with Crippen LogP contribution in [0.15, 0.2) is 169 Å². The first kappa shape index (κ1) is 60.4. The van der Waals surface area contributed by atoms with E-state index in [2.05, 4.69) is 165 Å². The Morgan fingerprint density at radius 2 is 0.814 bits per heavy atom. The van der Waals surface area contributed by atoms with Crippen molar-refractivity contribution in [3.05, 3.63) is 214 Å². The molecular weight excluding hydrogens is 901 g/mol. The van der Waals surface area contributed by atoms with Crippen LogP contribution in [0.5, 0.6) is 5.75 Å². The van der Waals surface area contributed by atoms with Gasteiger partial charge in [0.25, 0.3) is 0 Å². The van der Waals surface area contributed by atoms with Gasteiger partial charge >= 0.3 is 6.36 Å². The Morgan fingerprint density at radius 3 is 1.19 bits per heavy atom. The zero-order valence-corrected chi connectivity index (χ0v) is 45.0. The van der Waals surface area contributed by atoms with Crippen LogP contribution in [0.3, 0.4) is 0 Å². The number of halogens is 4. The third-order valence-corrected chi connectivity index (χ3v) is 12.3. The molecule has 0 N–H and O–H groups in total. The lowest BCUT2D eigenvalue weighted by molar-refractivity contribution is -0.274. The zero-order valence-electron chi connectivity index (χ0n) is 44.2. The zero-order chi connectivity index (χ0) is 52.8. The van der Waals surface area contributed by atoms with E-state index < -0.39 is 16.2 Å². The number of sulfone groups is 1. The van der Waals surface area contributed by atoms with E-state index in [1.165, 1.54) is 63.0 Å². The molecule has 8 heteroatoms. The molecule has 0 aliphatic carbocycles. The van der Waals surface area contributed by atoms with Crippen LogP contribution in [-0.4, -0.2) is 21.0 Å². The number of alkyl halides is 3. The van der Waals surface area contributed by atoms with Crippen molar-refractivity contribution in [1.82, 2.24) is 0 Å². The Labute approximate surface area is 419 Å². The fraction of sp³-hybridized carbons (Fsp3) is 0.355. The van der Waals surface area contributed by atoms with E-state index >= 15 is 0 Å². The summed E-state index contributed by atoms with van der Waals surface area (Å²) in [5.74, 6) is 2.65. The molecule has 0 aliphatic rings. The van der Waals surface area contributed by atoms with E-state index in [4.69, 9.17) is 0 Å². The van der Waals surface area contributed by atoms with Gasteiger partial charge in [0.2, 0.25) is 0 Å². The highest BCUT2D eigenvalue weighted by molar-refractivity contribution is 7.90. The van der Waals surface area contributed by atoms with Crippen molar-refractivity contribution in [3.8, 4) is 5.75 Å². The maximum Gasteiger partial charge on any atom is 0.573 e. The van der Waals surface area contributed by atoms with Crippen LogP contribution < -0.4 is 4.74 Å². The smallest absolute Gasteiger partial charge is 0.406 e. The summed E-state index contributed by atoms with van der Waals surface area (Å²) in [6.07, 6.45) is -3.39. The molecule has 378 valence electrons. The molecule has 70 heavy (non-hydrogen) atoms. The average Bonchev–Trinajstić information content (AvgIpc) is 3.29. The third-order valence-electron chi connectivity index (χ3n) is 11.1. The summed E-state index contributed by atoms with van der Waals surface area (Å²) in [6, 6.07) is 52.2. The van der Waals surface area contributed by atoms with Gasteiger partial charge in [0.1, 0.15) is 11.6 Å². The van der Waals surface area contributed by atoms with Crippen LogP contribution in [0.25, 0.3) is 10.8 Å². The summed E-state index contributed by atoms with van der Waals surface area (Å²) in [5.41, 5.74) is 9.95. The first-order chi connectivity index (χ1) is 32.7. The minimum atomic E-state index is -4.61. The summed E-state index contributed by atoms with van der Waals surface area (Å²) >= 11 is 0. The number of benzene rings is 7. The maximum absolute atomic E-state index is 12.8. The molecule has 0 heterocycles. The molecule has 0 saturated carbocycles. The molecule has 0 bridgehead atoms. The number of fused-ring (bicyclic) bond motifs is 1. The van der Waals surface area contributed by atoms with Crippen LogP contribution in [0.2, 0.25) is 0 Å². The van der Waals surface area contributed by atoms with Crippen LogP contribution in [0, 0.1) is 19.7 Å². The van der Waals surface area contributed by atoms with E-state index in [0.717, 1.165) is 16.7 Å².